The number of carbonyl (C=O) groups is 1. The maximum atomic E-state index is 12.0. The molecule has 1 amide bonds. The molecule has 2 aromatic heterocycles. The molecule has 0 fully saturated rings. The molecular formula is C16H16N6O3. The molecule has 1 N–H and O–H groups in total. The van der Waals surface area contributed by atoms with Gasteiger partial charge in [-0.05, 0) is 23.0 Å². The number of nitrogens with zero attached hydrogens (tertiary/aromatic N) is 5. The second-order valence-electron chi connectivity index (χ2n) is 5.53. The molecule has 25 heavy (non-hydrogen) atoms. The predicted octanol–water partition coefficient (Wildman–Crippen LogP) is 1.98. The molecule has 0 aliphatic carbocycles. The molecule has 0 atom stereocenters. The molecule has 0 aliphatic heterocycles. The van der Waals surface area contributed by atoms with Crippen LogP contribution in [0.2, 0.25) is 0 Å². The highest BCUT2D eigenvalue weighted by Gasteiger charge is 2.14. The Balaban J connectivity index is 1.59. The normalized spacial score (nSPS) is 10.6. The molecule has 3 rings (SSSR count). The van der Waals surface area contributed by atoms with Crippen LogP contribution in [0.1, 0.15) is 11.1 Å². The summed E-state index contributed by atoms with van der Waals surface area (Å²) in [6.45, 7) is 2.52. The topological polar surface area (TPSA) is 108 Å². The van der Waals surface area contributed by atoms with Gasteiger partial charge in [-0.1, -0.05) is 24.3 Å². The van der Waals surface area contributed by atoms with Gasteiger partial charge >= 0.3 is 5.82 Å². The zero-order valence-electron chi connectivity index (χ0n) is 13.5. The predicted molar refractivity (Wildman–Crippen MR) is 90.0 cm³/mol. The number of amides is 1. The van der Waals surface area contributed by atoms with Crippen molar-refractivity contribution in [3.63, 3.8) is 0 Å². The van der Waals surface area contributed by atoms with Crippen molar-refractivity contribution in [2.75, 3.05) is 5.32 Å². The van der Waals surface area contributed by atoms with Crippen LogP contribution in [0.25, 0.3) is 0 Å². The largest absolute Gasteiger partial charge is 0.389 e. The Morgan fingerprint density at radius 3 is 2.80 bits per heavy atom. The number of anilines is 1. The van der Waals surface area contributed by atoms with Gasteiger partial charge in [0.15, 0.2) is 0 Å². The minimum atomic E-state index is -0.607. The van der Waals surface area contributed by atoms with Crippen molar-refractivity contribution in [3.8, 4) is 0 Å². The van der Waals surface area contributed by atoms with Gasteiger partial charge in [-0.3, -0.25) is 9.48 Å². The van der Waals surface area contributed by atoms with E-state index in [1.807, 2.05) is 31.2 Å². The maximum absolute atomic E-state index is 12.0. The number of benzene rings is 1. The smallest absolute Gasteiger partial charge is 0.358 e. The molecule has 9 heteroatoms. The molecule has 0 aliphatic rings. The van der Waals surface area contributed by atoms with Crippen LogP contribution < -0.4 is 5.32 Å². The molecule has 0 spiro atoms. The molecule has 0 saturated carbocycles. The summed E-state index contributed by atoms with van der Waals surface area (Å²) in [7, 11) is 0. The zero-order chi connectivity index (χ0) is 17.8. The summed E-state index contributed by atoms with van der Waals surface area (Å²) in [4.78, 5) is 22.0. The number of hydrogen-bond acceptors (Lipinski definition) is 5. The van der Waals surface area contributed by atoms with Gasteiger partial charge in [0.25, 0.3) is 0 Å². The number of hydrogen-bond donors (Lipinski definition) is 1. The van der Waals surface area contributed by atoms with Gasteiger partial charge in [0.2, 0.25) is 5.91 Å². The van der Waals surface area contributed by atoms with E-state index in [0.29, 0.717) is 12.2 Å². The Morgan fingerprint density at radius 2 is 2.08 bits per heavy atom. The summed E-state index contributed by atoms with van der Waals surface area (Å²) in [5.74, 6) is -0.632. The fourth-order valence-corrected chi connectivity index (χ4v) is 2.36. The second-order valence-corrected chi connectivity index (χ2v) is 5.53. The first-order chi connectivity index (χ1) is 12.0. The minimum absolute atomic E-state index is 0.114. The Morgan fingerprint density at radius 1 is 1.28 bits per heavy atom. The monoisotopic (exact) mass is 340 g/mol. The van der Waals surface area contributed by atoms with Crippen molar-refractivity contribution >= 4 is 17.4 Å². The fourth-order valence-electron chi connectivity index (χ4n) is 2.36. The van der Waals surface area contributed by atoms with Gasteiger partial charge in [0, 0.05) is 6.20 Å². The van der Waals surface area contributed by atoms with Crippen molar-refractivity contribution in [1.29, 1.82) is 0 Å². The van der Waals surface area contributed by atoms with Crippen molar-refractivity contribution in [1.82, 2.24) is 19.6 Å². The minimum Gasteiger partial charge on any atom is -0.358 e. The van der Waals surface area contributed by atoms with E-state index in [0.717, 1.165) is 5.56 Å². The van der Waals surface area contributed by atoms with Crippen LogP contribution in [-0.2, 0) is 17.9 Å². The average Bonchev–Trinajstić information content (AvgIpc) is 3.19. The van der Waals surface area contributed by atoms with Gasteiger partial charge in [-0.25, -0.2) is 0 Å². The molecule has 2 heterocycles. The highest BCUT2D eigenvalue weighted by atomic mass is 16.6. The third kappa shape index (κ3) is 4.08. The molecule has 9 nitrogen and oxygen atoms in total. The number of aryl methyl sites for hydroxylation is 1. The van der Waals surface area contributed by atoms with Gasteiger partial charge < -0.3 is 15.4 Å². The summed E-state index contributed by atoms with van der Waals surface area (Å²) in [6.07, 6.45) is 4.68. The lowest BCUT2D eigenvalue weighted by Gasteiger charge is -2.05. The molecule has 0 bridgehead atoms. The first-order valence-electron chi connectivity index (χ1n) is 7.56. The van der Waals surface area contributed by atoms with Crippen LogP contribution >= 0.6 is 0 Å². The Bertz CT molecular complexity index is 914. The second kappa shape index (κ2) is 6.95. The van der Waals surface area contributed by atoms with E-state index >= 15 is 0 Å². The number of aromatic nitrogens is 4. The van der Waals surface area contributed by atoms with Crippen molar-refractivity contribution in [3.05, 3.63) is 70.2 Å². The van der Waals surface area contributed by atoms with Crippen molar-refractivity contribution in [2.24, 2.45) is 0 Å². The van der Waals surface area contributed by atoms with Crippen LogP contribution in [0.5, 0.6) is 0 Å². The molecular weight excluding hydrogens is 324 g/mol. The van der Waals surface area contributed by atoms with Crippen LogP contribution in [0.4, 0.5) is 11.5 Å². The van der Waals surface area contributed by atoms with E-state index in [4.69, 9.17) is 0 Å². The highest BCUT2D eigenvalue weighted by molar-refractivity contribution is 5.90. The Labute approximate surface area is 143 Å². The van der Waals surface area contributed by atoms with Gasteiger partial charge in [-0.2, -0.15) is 9.78 Å². The number of carbonyl (C=O) groups excluding carboxylic acids is 1. The van der Waals surface area contributed by atoms with Crippen LogP contribution in [0, 0.1) is 17.0 Å². The molecule has 0 radical (unpaired) electrons. The van der Waals surface area contributed by atoms with Crippen molar-refractivity contribution in [2.45, 2.75) is 20.0 Å². The van der Waals surface area contributed by atoms with Crippen LogP contribution in [0.3, 0.4) is 0 Å². The highest BCUT2D eigenvalue weighted by Crippen LogP contribution is 2.12. The summed E-state index contributed by atoms with van der Waals surface area (Å²) in [5, 5.41) is 21.2. The van der Waals surface area contributed by atoms with Crippen molar-refractivity contribution < 1.29 is 9.72 Å². The van der Waals surface area contributed by atoms with E-state index in [9.17, 15) is 14.9 Å². The Kier molecular flexibility index (Phi) is 4.55. The van der Waals surface area contributed by atoms with Crippen LogP contribution in [0.15, 0.2) is 48.9 Å². The quantitative estimate of drug-likeness (QED) is 0.545. The van der Waals surface area contributed by atoms with E-state index in [2.05, 4.69) is 15.5 Å². The molecule has 128 valence electrons. The summed E-state index contributed by atoms with van der Waals surface area (Å²) < 4.78 is 2.95. The lowest BCUT2D eigenvalue weighted by molar-refractivity contribution is -0.389. The maximum Gasteiger partial charge on any atom is 0.389 e. The average molecular weight is 340 g/mol. The fraction of sp³-hybridized carbons (Fsp3) is 0.188. The lowest BCUT2D eigenvalue weighted by Crippen LogP contribution is -2.18. The lowest BCUT2D eigenvalue weighted by atomic mass is 10.1. The number of nitrogens with one attached hydrogen (secondary N) is 1. The Hall–Kier alpha value is -3.49. The third-order valence-corrected chi connectivity index (χ3v) is 3.63. The summed E-state index contributed by atoms with van der Waals surface area (Å²) >= 11 is 0. The summed E-state index contributed by atoms with van der Waals surface area (Å²) in [5.41, 5.74) is 2.87. The van der Waals surface area contributed by atoms with Gasteiger partial charge in [0.1, 0.15) is 6.54 Å². The van der Waals surface area contributed by atoms with Crippen LogP contribution in [-0.4, -0.2) is 30.4 Å². The number of nitro groups is 1. The molecule has 0 saturated heterocycles. The first-order valence-corrected chi connectivity index (χ1v) is 7.56. The zero-order valence-corrected chi connectivity index (χ0v) is 13.5. The standard InChI is InChI=1S/C16H16N6O3/c1-12-4-2-3-5-13(12)9-21-10-14(8-17-21)18-16(23)11-20-7-6-15(19-20)22(24)25/h2-8,10H,9,11H2,1H3,(H,18,23). The van der Waals surface area contributed by atoms with Gasteiger partial charge in [0.05, 0.1) is 35.8 Å². The molecule has 0 unspecified atom stereocenters. The first kappa shape index (κ1) is 16.4. The molecule has 1 aromatic carbocycles. The van der Waals surface area contributed by atoms with E-state index < -0.39 is 4.92 Å². The number of rotatable bonds is 6. The van der Waals surface area contributed by atoms with E-state index in [1.54, 1.807) is 17.1 Å². The molecule has 3 aromatic rings. The van der Waals surface area contributed by atoms with Gasteiger partial charge in [-0.15, -0.1) is 0 Å². The third-order valence-electron chi connectivity index (χ3n) is 3.63. The summed E-state index contributed by atoms with van der Waals surface area (Å²) in [6, 6.07) is 9.25. The van der Waals surface area contributed by atoms with E-state index in [-0.39, 0.29) is 18.3 Å². The SMILES string of the molecule is Cc1ccccc1Cn1cc(NC(=O)Cn2ccc([N+](=O)[O-])n2)cn1. The van der Waals surface area contributed by atoms with E-state index in [1.165, 1.54) is 22.5 Å².